The lowest BCUT2D eigenvalue weighted by Crippen LogP contribution is -2.09. The molecular formula is C52H35NO. The minimum absolute atomic E-state index is 0.914. The van der Waals surface area contributed by atoms with Crippen molar-refractivity contribution in [3.63, 3.8) is 0 Å². The van der Waals surface area contributed by atoms with Gasteiger partial charge in [0.2, 0.25) is 0 Å². The number of para-hydroxylation sites is 1. The van der Waals surface area contributed by atoms with Gasteiger partial charge >= 0.3 is 0 Å². The van der Waals surface area contributed by atoms with E-state index in [2.05, 4.69) is 217 Å². The second kappa shape index (κ2) is 13.4. The lowest BCUT2D eigenvalue weighted by molar-refractivity contribution is 0.670. The monoisotopic (exact) mass is 689 g/mol. The SMILES string of the molecule is c1ccc(-c2ccc(N(c3ccc(-c4ccccc4)cc3)c3ccc(-c4cccc(-c5cccc6c5oc5ccc7ccccc7c56)c4)cc3)cc2)cc1. The molecule has 0 aliphatic heterocycles. The zero-order chi connectivity index (χ0) is 35.8. The molecule has 0 saturated carbocycles. The molecule has 1 heterocycles. The van der Waals surface area contributed by atoms with Gasteiger partial charge in [-0.15, -0.1) is 0 Å². The number of fused-ring (bicyclic) bond motifs is 5. The number of anilines is 3. The smallest absolute Gasteiger partial charge is 0.143 e. The average Bonchev–Trinajstić information content (AvgIpc) is 3.65. The van der Waals surface area contributed by atoms with Gasteiger partial charge in [-0.2, -0.15) is 0 Å². The van der Waals surface area contributed by atoms with Crippen LogP contribution in [0.15, 0.2) is 217 Å². The van der Waals surface area contributed by atoms with Crippen molar-refractivity contribution in [2.45, 2.75) is 0 Å². The van der Waals surface area contributed by atoms with Crippen LogP contribution in [0.5, 0.6) is 0 Å². The Morgan fingerprint density at radius 3 is 1.39 bits per heavy atom. The summed E-state index contributed by atoms with van der Waals surface area (Å²) >= 11 is 0. The molecule has 0 aliphatic carbocycles. The average molecular weight is 690 g/mol. The van der Waals surface area contributed by atoms with E-state index in [9.17, 15) is 0 Å². The van der Waals surface area contributed by atoms with Crippen LogP contribution in [0.2, 0.25) is 0 Å². The lowest BCUT2D eigenvalue weighted by atomic mass is 9.97. The number of hydrogen-bond acceptors (Lipinski definition) is 2. The van der Waals surface area contributed by atoms with Crippen LogP contribution < -0.4 is 4.90 Å². The summed E-state index contributed by atoms with van der Waals surface area (Å²) in [4.78, 5) is 2.33. The van der Waals surface area contributed by atoms with E-state index >= 15 is 0 Å². The standard InChI is InChI=1S/C52H35NO/c1-3-11-36(12-4-1)38-21-28-44(29-22-38)53(45-30-23-39(24-31-45)37-13-5-2-6-14-37)46-32-25-40(26-33-46)42-16-9-17-43(35-42)48-19-10-20-49-51-47-18-8-7-15-41(47)27-34-50(51)54-52(48)49/h1-35H. The molecule has 0 atom stereocenters. The zero-order valence-electron chi connectivity index (χ0n) is 29.6. The molecule has 0 unspecified atom stereocenters. The Balaban J connectivity index is 1.01. The van der Waals surface area contributed by atoms with E-state index in [4.69, 9.17) is 4.42 Å². The van der Waals surface area contributed by atoms with Crippen molar-refractivity contribution in [1.29, 1.82) is 0 Å². The second-order valence-electron chi connectivity index (χ2n) is 13.7. The molecule has 254 valence electrons. The van der Waals surface area contributed by atoms with Gasteiger partial charge in [-0.25, -0.2) is 0 Å². The number of nitrogens with zero attached hydrogens (tertiary/aromatic N) is 1. The first-order chi connectivity index (χ1) is 26.8. The van der Waals surface area contributed by atoms with E-state index in [1.165, 1.54) is 38.4 Å². The van der Waals surface area contributed by atoms with Crippen LogP contribution in [0.3, 0.4) is 0 Å². The fourth-order valence-electron chi connectivity index (χ4n) is 7.78. The van der Waals surface area contributed by atoms with Crippen LogP contribution in [0, 0.1) is 0 Å². The molecule has 10 aromatic rings. The molecule has 0 radical (unpaired) electrons. The fourth-order valence-corrected chi connectivity index (χ4v) is 7.78. The highest BCUT2D eigenvalue weighted by molar-refractivity contribution is 6.20. The first kappa shape index (κ1) is 31.6. The third-order valence-corrected chi connectivity index (χ3v) is 10.5. The third kappa shape index (κ3) is 5.71. The van der Waals surface area contributed by atoms with Crippen molar-refractivity contribution in [2.75, 3.05) is 4.90 Å². The second-order valence-corrected chi connectivity index (χ2v) is 13.7. The summed E-state index contributed by atoms with van der Waals surface area (Å²) in [7, 11) is 0. The number of furan rings is 1. The Bertz CT molecular complexity index is 2810. The van der Waals surface area contributed by atoms with Crippen molar-refractivity contribution < 1.29 is 4.42 Å². The zero-order valence-corrected chi connectivity index (χ0v) is 29.6. The molecule has 54 heavy (non-hydrogen) atoms. The molecule has 9 aromatic carbocycles. The minimum Gasteiger partial charge on any atom is -0.455 e. The van der Waals surface area contributed by atoms with E-state index in [1.807, 2.05) is 0 Å². The Hall–Kier alpha value is -7.16. The first-order valence-corrected chi connectivity index (χ1v) is 18.4. The van der Waals surface area contributed by atoms with Crippen molar-refractivity contribution in [3.8, 4) is 44.5 Å². The van der Waals surface area contributed by atoms with E-state index in [-0.39, 0.29) is 0 Å². The van der Waals surface area contributed by atoms with Gasteiger partial charge in [-0.3, -0.25) is 0 Å². The van der Waals surface area contributed by atoms with Gasteiger partial charge in [0.1, 0.15) is 11.2 Å². The largest absolute Gasteiger partial charge is 0.455 e. The molecule has 2 nitrogen and oxygen atoms in total. The van der Waals surface area contributed by atoms with E-state index in [1.54, 1.807) is 0 Å². The summed E-state index contributed by atoms with van der Waals surface area (Å²) in [5.41, 5.74) is 14.5. The van der Waals surface area contributed by atoms with Crippen molar-refractivity contribution in [2.24, 2.45) is 0 Å². The molecule has 2 heteroatoms. The molecule has 0 N–H and O–H groups in total. The fraction of sp³-hybridized carbons (Fsp3) is 0. The summed E-state index contributed by atoms with van der Waals surface area (Å²) in [6.07, 6.45) is 0. The molecular weight excluding hydrogens is 655 g/mol. The molecule has 10 rings (SSSR count). The number of benzene rings is 9. The highest BCUT2D eigenvalue weighted by atomic mass is 16.3. The minimum atomic E-state index is 0.914. The Morgan fingerprint density at radius 2 is 0.778 bits per heavy atom. The maximum Gasteiger partial charge on any atom is 0.143 e. The van der Waals surface area contributed by atoms with Crippen LogP contribution >= 0.6 is 0 Å². The van der Waals surface area contributed by atoms with Crippen molar-refractivity contribution in [3.05, 3.63) is 212 Å². The van der Waals surface area contributed by atoms with Crippen LogP contribution in [-0.4, -0.2) is 0 Å². The maximum absolute atomic E-state index is 6.58. The van der Waals surface area contributed by atoms with E-state index in [0.717, 1.165) is 55.9 Å². The molecule has 0 aliphatic rings. The Labute approximate surface area is 314 Å². The van der Waals surface area contributed by atoms with Gasteiger partial charge in [0.25, 0.3) is 0 Å². The van der Waals surface area contributed by atoms with Gasteiger partial charge in [-0.1, -0.05) is 164 Å². The summed E-state index contributed by atoms with van der Waals surface area (Å²) in [5.74, 6) is 0. The molecule has 0 saturated heterocycles. The molecule has 0 spiro atoms. The Kier molecular flexibility index (Phi) is 7.85. The van der Waals surface area contributed by atoms with Gasteiger partial charge in [0, 0.05) is 33.4 Å². The lowest BCUT2D eigenvalue weighted by Gasteiger charge is -2.26. The molecule has 0 fully saturated rings. The maximum atomic E-state index is 6.58. The van der Waals surface area contributed by atoms with Crippen molar-refractivity contribution >= 4 is 49.8 Å². The van der Waals surface area contributed by atoms with Crippen LogP contribution in [-0.2, 0) is 0 Å². The Morgan fingerprint density at radius 1 is 0.315 bits per heavy atom. The van der Waals surface area contributed by atoms with Crippen LogP contribution in [0.25, 0.3) is 77.2 Å². The summed E-state index contributed by atoms with van der Waals surface area (Å²) in [6.45, 7) is 0. The molecule has 0 bridgehead atoms. The van der Waals surface area contributed by atoms with Gasteiger partial charge in [0.05, 0.1) is 0 Å². The van der Waals surface area contributed by atoms with Crippen LogP contribution in [0.4, 0.5) is 17.1 Å². The topological polar surface area (TPSA) is 16.4 Å². The third-order valence-electron chi connectivity index (χ3n) is 10.5. The summed E-state index contributed by atoms with van der Waals surface area (Å²) in [5, 5.41) is 4.75. The molecule has 0 amide bonds. The predicted octanol–water partition coefficient (Wildman–Crippen LogP) is 14.9. The number of rotatable bonds is 7. The first-order valence-electron chi connectivity index (χ1n) is 18.4. The van der Waals surface area contributed by atoms with Gasteiger partial charge in [-0.05, 0) is 98.2 Å². The molecule has 1 aromatic heterocycles. The highest BCUT2D eigenvalue weighted by Gasteiger charge is 2.16. The normalized spacial score (nSPS) is 11.3. The van der Waals surface area contributed by atoms with E-state index in [0.29, 0.717) is 0 Å². The van der Waals surface area contributed by atoms with Crippen molar-refractivity contribution in [1.82, 2.24) is 0 Å². The predicted molar refractivity (Wildman–Crippen MR) is 228 cm³/mol. The van der Waals surface area contributed by atoms with Crippen LogP contribution in [0.1, 0.15) is 0 Å². The highest BCUT2D eigenvalue weighted by Crippen LogP contribution is 2.41. The number of hydrogen-bond donors (Lipinski definition) is 0. The summed E-state index contributed by atoms with van der Waals surface area (Å²) in [6, 6.07) is 75.7. The van der Waals surface area contributed by atoms with E-state index < -0.39 is 0 Å². The van der Waals surface area contributed by atoms with Gasteiger partial charge in [0.15, 0.2) is 0 Å². The van der Waals surface area contributed by atoms with Gasteiger partial charge < -0.3 is 9.32 Å². The quantitative estimate of drug-likeness (QED) is 0.166. The summed E-state index contributed by atoms with van der Waals surface area (Å²) < 4.78 is 6.58.